The third-order valence-corrected chi connectivity index (χ3v) is 3.88. The first kappa shape index (κ1) is 14.9. The van der Waals surface area contributed by atoms with Gasteiger partial charge in [0.05, 0.1) is 17.6 Å². The lowest BCUT2D eigenvalue weighted by Crippen LogP contribution is -2.08. The molecule has 3 nitrogen and oxygen atoms in total. The Morgan fingerprint density at radius 3 is 2.45 bits per heavy atom. The lowest BCUT2D eigenvalue weighted by atomic mass is 10.2. The molecular weight excluding hydrogens is 338 g/mol. The van der Waals surface area contributed by atoms with Crippen LogP contribution in [0.4, 0.5) is 5.69 Å². The zero-order valence-corrected chi connectivity index (χ0v) is 14.3. The molecule has 1 aromatic heterocycles. The van der Waals surface area contributed by atoms with Gasteiger partial charge < -0.3 is 9.47 Å². The maximum absolute atomic E-state index is 4.80. The first-order valence-electron chi connectivity index (χ1n) is 7.12. The summed E-state index contributed by atoms with van der Waals surface area (Å²) in [6.45, 7) is 4.67. The minimum Gasteiger partial charge on any atom is -0.378 e. The molecule has 0 aliphatic heterocycles. The molecule has 22 heavy (non-hydrogen) atoms. The van der Waals surface area contributed by atoms with E-state index in [9.17, 15) is 0 Å². The Bertz CT molecular complexity index is 816. The second-order valence-electron chi connectivity index (χ2n) is 5.47. The number of allylic oxidation sites excluding steroid dienone is 1. The van der Waals surface area contributed by atoms with Gasteiger partial charge in [0.25, 0.3) is 0 Å². The first-order chi connectivity index (χ1) is 10.6. The van der Waals surface area contributed by atoms with Crippen molar-refractivity contribution in [2.45, 2.75) is 6.54 Å². The van der Waals surface area contributed by atoms with E-state index in [0.717, 1.165) is 26.9 Å². The second-order valence-corrected chi connectivity index (χ2v) is 6.59. The number of aromatic nitrogens is 2. The molecule has 112 valence electrons. The van der Waals surface area contributed by atoms with Crippen molar-refractivity contribution in [3.8, 4) is 11.4 Å². The summed E-state index contributed by atoms with van der Waals surface area (Å²) in [5, 5.41) is 0. The largest absolute Gasteiger partial charge is 0.378 e. The van der Waals surface area contributed by atoms with Crippen LogP contribution in [0.2, 0.25) is 0 Å². The highest BCUT2D eigenvalue weighted by Gasteiger charge is 2.12. The highest BCUT2D eigenvalue weighted by atomic mass is 79.9. The van der Waals surface area contributed by atoms with Gasteiger partial charge in [-0.25, -0.2) is 4.98 Å². The predicted octanol–water partition coefficient (Wildman–Crippen LogP) is 4.68. The summed E-state index contributed by atoms with van der Waals surface area (Å²) in [5.74, 6) is 0.965. The van der Waals surface area contributed by atoms with Crippen molar-refractivity contribution in [2.24, 2.45) is 0 Å². The third kappa shape index (κ3) is 2.79. The normalized spacial score (nSPS) is 10.9. The standard InChI is InChI=1S/C18H18BrN3/c1-13(19)12-22-17-7-5-4-6-16(17)20-18(22)14-8-10-15(11-9-14)21(2)3/h4-11H,1,12H2,2-3H3. The molecule has 0 saturated heterocycles. The van der Waals surface area contributed by atoms with Gasteiger partial charge in [-0.2, -0.15) is 0 Å². The van der Waals surface area contributed by atoms with Gasteiger partial charge in [-0.05, 0) is 36.4 Å². The van der Waals surface area contributed by atoms with Gasteiger partial charge in [0.1, 0.15) is 5.82 Å². The molecule has 4 heteroatoms. The van der Waals surface area contributed by atoms with E-state index < -0.39 is 0 Å². The van der Waals surface area contributed by atoms with Crippen molar-refractivity contribution in [1.29, 1.82) is 0 Å². The summed E-state index contributed by atoms with van der Waals surface area (Å²) in [4.78, 5) is 6.89. The SMILES string of the molecule is C=C(Br)Cn1c(-c2ccc(N(C)C)cc2)nc2ccccc21. The van der Waals surface area contributed by atoms with Gasteiger partial charge in [-0.3, -0.25) is 0 Å². The molecule has 0 radical (unpaired) electrons. The van der Waals surface area contributed by atoms with Crippen molar-refractivity contribution in [3.63, 3.8) is 0 Å². The monoisotopic (exact) mass is 355 g/mol. The summed E-state index contributed by atoms with van der Waals surface area (Å²) < 4.78 is 3.12. The maximum Gasteiger partial charge on any atom is 0.141 e. The van der Waals surface area contributed by atoms with Crippen LogP contribution in [0, 0.1) is 0 Å². The first-order valence-corrected chi connectivity index (χ1v) is 7.92. The minimum atomic E-state index is 0.700. The van der Waals surface area contributed by atoms with E-state index >= 15 is 0 Å². The zero-order valence-electron chi connectivity index (χ0n) is 12.8. The Kier molecular flexibility index (Phi) is 4.03. The molecule has 0 aliphatic carbocycles. The Morgan fingerprint density at radius 2 is 1.82 bits per heavy atom. The molecule has 0 amide bonds. The van der Waals surface area contributed by atoms with Crippen LogP contribution in [0.3, 0.4) is 0 Å². The van der Waals surface area contributed by atoms with E-state index in [1.54, 1.807) is 0 Å². The summed E-state index contributed by atoms with van der Waals surface area (Å²) in [7, 11) is 4.08. The Hall–Kier alpha value is -2.07. The van der Waals surface area contributed by atoms with Crippen molar-refractivity contribution in [3.05, 3.63) is 59.6 Å². The second kappa shape index (κ2) is 5.97. The molecule has 0 spiro atoms. The highest BCUT2D eigenvalue weighted by Crippen LogP contribution is 2.27. The summed E-state index contributed by atoms with van der Waals surface area (Å²) >= 11 is 3.47. The van der Waals surface area contributed by atoms with Crippen molar-refractivity contribution in [1.82, 2.24) is 9.55 Å². The number of hydrogen-bond acceptors (Lipinski definition) is 2. The van der Waals surface area contributed by atoms with Gasteiger partial charge >= 0.3 is 0 Å². The number of halogens is 1. The van der Waals surface area contributed by atoms with E-state index in [-0.39, 0.29) is 0 Å². The fraction of sp³-hybridized carbons (Fsp3) is 0.167. The summed E-state index contributed by atoms with van der Waals surface area (Å²) in [6, 6.07) is 16.6. The quantitative estimate of drug-likeness (QED) is 0.677. The van der Waals surface area contributed by atoms with Gasteiger partial charge in [-0.1, -0.05) is 34.6 Å². The number of rotatable bonds is 4. The number of para-hydroxylation sites is 2. The van der Waals surface area contributed by atoms with E-state index in [1.165, 1.54) is 5.69 Å². The van der Waals surface area contributed by atoms with Crippen LogP contribution in [0.5, 0.6) is 0 Å². The Balaban J connectivity index is 2.14. The van der Waals surface area contributed by atoms with Crippen molar-refractivity contribution >= 4 is 32.7 Å². The number of hydrogen-bond donors (Lipinski definition) is 0. The molecular formula is C18H18BrN3. The molecule has 0 N–H and O–H groups in total. The van der Waals surface area contributed by atoms with E-state index in [4.69, 9.17) is 4.98 Å². The molecule has 0 aliphatic rings. The Morgan fingerprint density at radius 1 is 1.14 bits per heavy atom. The molecule has 2 aromatic carbocycles. The van der Waals surface area contributed by atoms with Crippen molar-refractivity contribution in [2.75, 3.05) is 19.0 Å². The molecule has 0 saturated carbocycles. The van der Waals surface area contributed by atoms with Gasteiger partial charge in [0.15, 0.2) is 0 Å². The topological polar surface area (TPSA) is 21.1 Å². The molecule has 1 heterocycles. The number of nitrogens with zero attached hydrogens (tertiary/aromatic N) is 3. The van der Waals surface area contributed by atoms with Gasteiger partial charge in [0.2, 0.25) is 0 Å². The van der Waals surface area contributed by atoms with E-state index in [1.807, 2.05) is 32.3 Å². The fourth-order valence-electron chi connectivity index (χ4n) is 2.54. The smallest absolute Gasteiger partial charge is 0.141 e. The Labute approximate surface area is 139 Å². The lowest BCUT2D eigenvalue weighted by Gasteiger charge is -2.13. The van der Waals surface area contributed by atoms with Crippen LogP contribution in [0.25, 0.3) is 22.4 Å². The van der Waals surface area contributed by atoms with Gasteiger partial charge in [0, 0.05) is 29.8 Å². The molecule has 3 rings (SSSR count). The van der Waals surface area contributed by atoms with Crippen LogP contribution in [0.15, 0.2) is 59.6 Å². The predicted molar refractivity (Wildman–Crippen MR) is 97.6 cm³/mol. The summed E-state index contributed by atoms with van der Waals surface area (Å²) in [5.41, 5.74) is 4.41. The number of fused-ring (bicyclic) bond motifs is 1. The van der Waals surface area contributed by atoms with Gasteiger partial charge in [-0.15, -0.1) is 0 Å². The molecule has 3 aromatic rings. The van der Waals surface area contributed by atoms with Crippen LogP contribution >= 0.6 is 15.9 Å². The number of benzene rings is 2. The highest BCUT2D eigenvalue weighted by molar-refractivity contribution is 9.11. The third-order valence-electron chi connectivity index (χ3n) is 3.63. The van der Waals surface area contributed by atoms with Crippen LogP contribution in [0.1, 0.15) is 0 Å². The molecule has 0 atom stereocenters. The van der Waals surface area contributed by atoms with Crippen molar-refractivity contribution < 1.29 is 0 Å². The molecule has 0 bridgehead atoms. The average Bonchev–Trinajstić information content (AvgIpc) is 2.86. The average molecular weight is 356 g/mol. The maximum atomic E-state index is 4.80. The molecule has 0 fully saturated rings. The summed E-state index contributed by atoms with van der Waals surface area (Å²) in [6.07, 6.45) is 0. The number of anilines is 1. The van der Waals surface area contributed by atoms with Crippen LogP contribution < -0.4 is 4.90 Å². The minimum absolute atomic E-state index is 0.700. The zero-order chi connectivity index (χ0) is 15.7. The molecule has 0 unspecified atom stereocenters. The van der Waals surface area contributed by atoms with Crippen LogP contribution in [-0.4, -0.2) is 23.6 Å². The van der Waals surface area contributed by atoms with Crippen LogP contribution in [-0.2, 0) is 6.54 Å². The number of imidazole rings is 1. The van der Waals surface area contributed by atoms with E-state index in [2.05, 4.69) is 62.3 Å². The fourth-order valence-corrected chi connectivity index (χ4v) is 2.79. The van der Waals surface area contributed by atoms with E-state index in [0.29, 0.717) is 6.54 Å². The lowest BCUT2D eigenvalue weighted by molar-refractivity contribution is 0.855.